The Kier molecular flexibility index (Phi) is 5.31. The minimum atomic E-state index is -0.402. The van der Waals surface area contributed by atoms with E-state index in [1.54, 1.807) is 6.92 Å². The van der Waals surface area contributed by atoms with Gasteiger partial charge in [-0.2, -0.15) is 0 Å². The predicted octanol–water partition coefficient (Wildman–Crippen LogP) is 2.70. The molecule has 0 saturated heterocycles. The molecule has 0 aromatic rings. The molecule has 3 heteroatoms. The van der Waals surface area contributed by atoms with Crippen LogP contribution in [0.2, 0.25) is 0 Å². The van der Waals surface area contributed by atoms with Gasteiger partial charge in [0.1, 0.15) is 5.38 Å². The number of carbonyl (C=O) groups is 1. The Morgan fingerprint density at radius 1 is 1.43 bits per heavy atom. The maximum absolute atomic E-state index is 11.1. The minimum Gasteiger partial charge on any atom is -0.355 e. The highest BCUT2D eigenvalue weighted by molar-refractivity contribution is 6.30. The summed E-state index contributed by atoms with van der Waals surface area (Å²) in [5.74, 6) is 0.789. The second kappa shape index (κ2) is 6.28. The zero-order valence-corrected chi connectivity index (χ0v) is 9.65. The third-order valence-corrected chi connectivity index (χ3v) is 3.14. The molecule has 1 aliphatic carbocycles. The van der Waals surface area contributed by atoms with Gasteiger partial charge >= 0.3 is 0 Å². The van der Waals surface area contributed by atoms with Crippen LogP contribution in [0, 0.1) is 5.92 Å². The van der Waals surface area contributed by atoms with Crippen molar-refractivity contribution in [3.05, 3.63) is 0 Å². The fourth-order valence-corrected chi connectivity index (χ4v) is 2.09. The van der Waals surface area contributed by atoms with Gasteiger partial charge in [-0.15, -0.1) is 11.6 Å². The molecule has 82 valence electrons. The molecule has 1 aliphatic rings. The third-order valence-electron chi connectivity index (χ3n) is 2.94. The van der Waals surface area contributed by atoms with Crippen LogP contribution < -0.4 is 5.32 Å². The molecule has 0 bridgehead atoms. The highest BCUT2D eigenvalue weighted by atomic mass is 35.5. The van der Waals surface area contributed by atoms with E-state index in [1.165, 1.54) is 32.1 Å². The Balaban J connectivity index is 2.05. The van der Waals surface area contributed by atoms with E-state index in [9.17, 15) is 4.79 Å². The van der Waals surface area contributed by atoms with E-state index >= 15 is 0 Å². The largest absolute Gasteiger partial charge is 0.355 e. The highest BCUT2D eigenvalue weighted by Crippen LogP contribution is 2.25. The molecule has 14 heavy (non-hydrogen) atoms. The summed E-state index contributed by atoms with van der Waals surface area (Å²) >= 11 is 5.64. The van der Waals surface area contributed by atoms with Crippen molar-refractivity contribution in [3.63, 3.8) is 0 Å². The Morgan fingerprint density at radius 3 is 2.64 bits per heavy atom. The first-order valence-electron chi connectivity index (χ1n) is 5.62. The van der Waals surface area contributed by atoms with Gasteiger partial charge in [0.2, 0.25) is 5.91 Å². The molecule has 1 atom stereocenters. The minimum absolute atomic E-state index is 0.0394. The first-order valence-corrected chi connectivity index (χ1v) is 6.05. The number of amides is 1. The average Bonchev–Trinajstić information content (AvgIpc) is 2.19. The zero-order valence-electron chi connectivity index (χ0n) is 8.89. The second-order valence-electron chi connectivity index (χ2n) is 4.20. The van der Waals surface area contributed by atoms with Gasteiger partial charge in [-0.05, 0) is 19.3 Å². The number of rotatable bonds is 4. The van der Waals surface area contributed by atoms with Crippen molar-refractivity contribution in [3.8, 4) is 0 Å². The molecule has 1 fully saturated rings. The molecule has 1 N–H and O–H groups in total. The average molecular weight is 218 g/mol. The van der Waals surface area contributed by atoms with E-state index in [2.05, 4.69) is 5.32 Å². The van der Waals surface area contributed by atoms with Crippen molar-refractivity contribution in [2.45, 2.75) is 50.8 Å². The molecule has 1 saturated carbocycles. The maximum atomic E-state index is 11.1. The van der Waals surface area contributed by atoms with Crippen LogP contribution in [-0.2, 0) is 4.79 Å². The van der Waals surface area contributed by atoms with Gasteiger partial charge < -0.3 is 5.32 Å². The van der Waals surface area contributed by atoms with Crippen molar-refractivity contribution in [1.82, 2.24) is 5.32 Å². The quantitative estimate of drug-likeness (QED) is 0.721. The van der Waals surface area contributed by atoms with Gasteiger partial charge in [0, 0.05) is 6.54 Å². The Hall–Kier alpha value is -0.240. The smallest absolute Gasteiger partial charge is 0.237 e. The highest BCUT2D eigenvalue weighted by Gasteiger charge is 2.14. The normalized spacial score (nSPS) is 20.4. The maximum Gasteiger partial charge on any atom is 0.237 e. The van der Waals surface area contributed by atoms with Gasteiger partial charge in [-0.3, -0.25) is 4.79 Å². The molecule has 0 spiro atoms. The fraction of sp³-hybridized carbons (Fsp3) is 0.909. The van der Waals surface area contributed by atoms with E-state index in [4.69, 9.17) is 11.6 Å². The summed E-state index contributed by atoms with van der Waals surface area (Å²) in [6.45, 7) is 2.50. The lowest BCUT2D eigenvalue weighted by Gasteiger charge is -2.21. The summed E-state index contributed by atoms with van der Waals surface area (Å²) in [4.78, 5) is 11.1. The number of nitrogens with one attached hydrogen (secondary N) is 1. The lowest BCUT2D eigenvalue weighted by Crippen LogP contribution is -2.31. The molecule has 1 unspecified atom stereocenters. The molecule has 0 aromatic heterocycles. The van der Waals surface area contributed by atoms with E-state index in [1.807, 2.05) is 0 Å². The molecular formula is C11H20ClNO. The summed E-state index contributed by atoms with van der Waals surface area (Å²) in [6, 6.07) is 0. The summed E-state index contributed by atoms with van der Waals surface area (Å²) < 4.78 is 0. The number of halogens is 1. The predicted molar refractivity (Wildman–Crippen MR) is 59.5 cm³/mol. The Bertz CT molecular complexity index is 176. The molecule has 1 rings (SSSR count). The van der Waals surface area contributed by atoms with Gasteiger partial charge in [0.15, 0.2) is 0 Å². The van der Waals surface area contributed by atoms with Crippen LogP contribution in [0.5, 0.6) is 0 Å². The van der Waals surface area contributed by atoms with Crippen molar-refractivity contribution in [1.29, 1.82) is 0 Å². The molecule has 2 nitrogen and oxygen atoms in total. The number of hydrogen-bond donors (Lipinski definition) is 1. The van der Waals surface area contributed by atoms with Crippen LogP contribution in [0.25, 0.3) is 0 Å². The zero-order chi connectivity index (χ0) is 10.4. The van der Waals surface area contributed by atoms with E-state index < -0.39 is 5.38 Å². The molecular weight excluding hydrogens is 198 g/mol. The van der Waals surface area contributed by atoms with Crippen LogP contribution in [-0.4, -0.2) is 17.8 Å². The number of alkyl halides is 1. The lowest BCUT2D eigenvalue weighted by atomic mass is 9.87. The van der Waals surface area contributed by atoms with Gasteiger partial charge in [-0.1, -0.05) is 32.1 Å². The van der Waals surface area contributed by atoms with Gasteiger partial charge in [0.25, 0.3) is 0 Å². The molecule has 0 radical (unpaired) electrons. The van der Waals surface area contributed by atoms with Crippen molar-refractivity contribution in [2.24, 2.45) is 5.92 Å². The Labute approximate surface area is 91.4 Å². The monoisotopic (exact) mass is 217 g/mol. The van der Waals surface area contributed by atoms with E-state index in [-0.39, 0.29) is 5.91 Å². The van der Waals surface area contributed by atoms with Crippen LogP contribution in [0.4, 0.5) is 0 Å². The van der Waals surface area contributed by atoms with Crippen molar-refractivity contribution < 1.29 is 4.79 Å². The fourth-order valence-electron chi connectivity index (χ4n) is 2.02. The van der Waals surface area contributed by atoms with Crippen LogP contribution in [0.15, 0.2) is 0 Å². The van der Waals surface area contributed by atoms with E-state index in [0.29, 0.717) is 0 Å². The second-order valence-corrected chi connectivity index (χ2v) is 4.85. The summed E-state index contributed by atoms with van der Waals surface area (Å²) in [5.41, 5.74) is 0. The topological polar surface area (TPSA) is 29.1 Å². The van der Waals surface area contributed by atoms with Crippen molar-refractivity contribution in [2.75, 3.05) is 6.54 Å². The molecule has 1 amide bonds. The van der Waals surface area contributed by atoms with Gasteiger partial charge in [0.05, 0.1) is 0 Å². The van der Waals surface area contributed by atoms with Crippen LogP contribution in [0.3, 0.4) is 0 Å². The first-order chi connectivity index (χ1) is 6.70. The summed E-state index contributed by atoms with van der Waals surface area (Å²) in [7, 11) is 0. The molecule has 0 heterocycles. The lowest BCUT2D eigenvalue weighted by molar-refractivity contribution is -0.120. The van der Waals surface area contributed by atoms with Crippen LogP contribution >= 0.6 is 11.6 Å². The van der Waals surface area contributed by atoms with Gasteiger partial charge in [-0.25, -0.2) is 0 Å². The van der Waals surface area contributed by atoms with Crippen molar-refractivity contribution >= 4 is 17.5 Å². The first kappa shape index (κ1) is 11.8. The summed E-state index contributed by atoms with van der Waals surface area (Å²) in [6.07, 6.45) is 7.92. The van der Waals surface area contributed by atoms with E-state index in [0.717, 1.165) is 18.9 Å². The third kappa shape index (κ3) is 4.32. The number of hydrogen-bond acceptors (Lipinski definition) is 1. The summed E-state index contributed by atoms with van der Waals surface area (Å²) in [5, 5.41) is 2.46. The molecule has 0 aromatic carbocycles. The number of carbonyl (C=O) groups excluding carboxylic acids is 1. The standard InChI is InChI=1S/C11H20ClNO/c1-9(12)11(14)13-8-7-10-5-3-2-4-6-10/h9-10H,2-8H2,1H3,(H,13,14). The van der Waals surface area contributed by atoms with Crippen LogP contribution in [0.1, 0.15) is 45.4 Å². The Morgan fingerprint density at radius 2 is 2.07 bits per heavy atom. The SMILES string of the molecule is CC(Cl)C(=O)NCCC1CCCCC1. The molecule has 0 aliphatic heterocycles.